The zero-order valence-electron chi connectivity index (χ0n) is 8.16. The molecule has 0 saturated carbocycles. The first-order valence-electron chi connectivity index (χ1n) is 5.02. The van der Waals surface area contributed by atoms with Crippen LogP contribution in [0.3, 0.4) is 0 Å². The molecule has 1 unspecified atom stereocenters. The fraction of sp³-hybridized carbons (Fsp3) is 0.364. The third-order valence-corrected chi connectivity index (χ3v) is 2.85. The average Bonchev–Trinajstić information content (AvgIpc) is 2.84. The van der Waals surface area contributed by atoms with Gasteiger partial charge in [-0.2, -0.15) is 0 Å². The van der Waals surface area contributed by atoms with Gasteiger partial charge in [0.25, 0.3) is 0 Å². The Hall–Kier alpha value is -1.71. The molecule has 1 saturated heterocycles. The third-order valence-electron chi connectivity index (χ3n) is 2.85. The molecule has 2 aliphatic rings. The zero-order valence-corrected chi connectivity index (χ0v) is 8.16. The molecule has 15 heavy (non-hydrogen) atoms. The van der Waals surface area contributed by atoms with Crippen molar-refractivity contribution < 1.29 is 14.3 Å². The first-order chi connectivity index (χ1) is 7.34. The molecule has 0 aromatic heterocycles. The molecule has 2 aliphatic heterocycles. The van der Waals surface area contributed by atoms with Crippen molar-refractivity contribution in [1.29, 1.82) is 0 Å². The van der Waals surface area contributed by atoms with Gasteiger partial charge in [-0.05, 0) is 24.1 Å². The van der Waals surface area contributed by atoms with E-state index in [4.69, 9.17) is 9.47 Å². The highest BCUT2D eigenvalue weighted by Crippen LogP contribution is 2.36. The highest BCUT2D eigenvalue weighted by Gasteiger charge is 2.27. The Balaban J connectivity index is 1.95. The standard InChI is InChI=1S/C11H11NO3/c13-11-8(3-4-12-11)7-1-2-9-10(5-7)15-6-14-9/h1-2,5,8H,3-4,6H2,(H,12,13). The quantitative estimate of drug-likeness (QED) is 0.744. The second kappa shape index (κ2) is 3.15. The van der Waals surface area contributed by atoms with Crippen LogP contribution in [0.2, 0.25) is 0 Å². The van der Waals surface area contributed by atoms with Gasteiger partial charge in [-0.25, -0.2) is 0 Å². The molecule has 78 valence electrons. The second-order valence-electron chi connectivity index (χ2n) is 3.74. The summed E-state index contributed by atoms with van der Waals surface area (Å²) in [4.78, 5) is 11.5. The molecule has 1 N–H and O–H groups in total. The van der Waals surface area contributed by atoms with Crippen LogP contribution >= 0.6 is 0 Å². The summed E-state index contributed by atoms with van der Waals surface area (Å²) in [5.41, 5.74) is 1.01. The third kappa shape index (κ3) is 1.33. The Morgan fingerprint density at radius 1 is 1.27 bits per heavy atom. The lowest BCUT2D eigenvalue weighted by atomic mass is 9.97. The van der Waals surface area contributed by atoms with Crippen molar-refractivity contribution in [3.63, 3.8) is 0 Å². The monoisotopic (exact) mass is 205 g/mol. The van der Waals surface area contributed by atoms with E-state index in [0.717, 1.165) is 30.0 Å². The summed E-state index contributed by atoms with van der Waals surface area (Å²) in [5.74, 6) is 1.58. The van der Waals surface area contributed by atoms with Gasteiger partial charge in [0, 0.05) is 6.54 Å². The number of carbonyl (C=O) groups is 1. The molecular weight excluding hydrogens is 194 g/mol. The van der Waals surface area contributed by atoms with E-state index in [-0.39, 0.29) is 18.6 Å². The van der Waals surface area contributed by atoms with Crippen molar-refractivity contribution in [2.45, 2.75) is 12.3 Å². The molecule has 1 atom stereocenters. The van der Waals surface area contributed by atoms with Crippen LogP contribution in [-0.2, 0) is 4.79 Å². The maximum Gasteiger partial charge on any atom is 0.231 e. The molecule has 4 heteroatoms. The number of benzene rings is 1. The minimum absolute atomic E-state index is 0.0282. The average molecular weight is 205 g/mol. The predicted molar refractivity (Wildman–Crippen MR) is 52.9 cm³/mol. The van der Waals surface area contributed by atoms with E-state index in [9.17, 15) is 4.79 Å². The van der Waals surface area contributed by atoms with Gasteiger partial charge in [-0.15, -0.1) is 0 Å². The Bertz CT molecular complexity index is 416. The molecule has 1 aromatic carbocycles. The van der Waals surface area contributed by atoms with Crippen molar-refractivity contribution in [2.75, 3.05) is 13.3 Å². The molecule has 4 nitrogen and oxygen atoms in total. The van der Waals surface area contributed by atoms with Gasteiger partial charge >= 0.3 is 0 Å². The van der Waals surface area contributed by atoms with Crippen molar-refractivity contribution in [3.8, 4) is 11.5 Å². The molecular formula is C11H11NO3. The molecule has 2 heterocycles. The van der Waals surface area contributed by atoms with Crippen LogP contribution in [-0.4, -0.2) is 19.2 Å². The summed E-state index contributed by atoms with van der Waals surface area (Å²) in [6.07, 6.45) is 0.860. The summed E-state index contributed by atoms with van der Waals surface area (Å²) in [6.45, 7) is 1.04. The number of fused-ring (bicyclic) bond motifs is 1. The summed E-state index contributed by atoms with van der Waals surface area (Å²) >= 11 is 0. The first-order valence-corrected chi connectivity index (χ1v) is 5.02. The number of carbonyl (C=O) groups excluding carboxylic acids is 1. The van der Waals surface area contributed by atoms with E-state index in [1.54, 1.807) is 0 Å². The molecule has 1 fully saturated rings. The molecule has 1 amide bonds. The number of rotatable bonds is 1. The summed E-state index contributed by atoms with van der Waals surface area (Å²) in [7, 11) is 0. The van der Waals surface area contributed by atoms with Gasteiger partial charge in [-0.3, -0.25) is 4.79 Å². The molecule has 0 aliphatic carbocycles. The summed E-state index contributed by atoms with van der Waals surface area (Å²) in [6, 6.07) is 5.70. The van der Waals surface area contributed by atoms with E-state index in [0.29, 0.717) is 0 Å². The van der Waals surface area contributed by atoms with Crippen LogP contribution in [0, 0.1) is 0 Å². The Kier molecular flexibility index (Phi) is 1.80. The van der Waals surface area contributed by atoms with Gasteiger partial charge in [0.1, 0.15) is 0 Å². The van der Waals surface area contributed by atoms with Crippen LogP contribution in [0.1, 0.15) is 17.9 Å². The van der Waals surface area contributed by atoms with Crippen LogP contribution < -0.4 is 14.8 Å². The van der Waals surface area contributed by atoms with Gasteiger partial charge in [-0.1, -0.05) is 6.07 Å². The van der Waals surface area contributed by atoms with Crippen LogP contribution in [0.5, 0.6) is 11.5 Å². The van der Waals surface area contributed by atoms with E-state index in [2.05, 4.69) is 5.32 Å². The minimum Gasteiger partial charge on any atom is -0.454 e. The predicted octanol–water partition coefficient (Wildman–Crippen LogP) is 1.02. The van der Waals surface area contributed by atoms with Crippen LogP contribution in [0.4, 0.5) is 0 Å². The van der Waals surface area contributed by atoms with E-state index >= 15 is 0 Å². The highest BCUT2D eigenvalue weighted by atomic mass is 16.7. The van der Waals surface area contributed by atoms with E-state index < -0.39 is 0 Å². The van der Waals surface area contributed by atoms with Crippen LogP contribution in [0.15, 0.2) is 18.2 Å². The molecule has 1 aromatic rings. The SMILES string of the molecule is O=C1NCCC1c1ccc2c(c1)OCO2. The number of ether oxygens (including phenoxy) is 2. The van der Waals surface area contributed by atoms with Crippen LogP contribution in [0.25, 0.3) is 0 Å². The van der Waals surface area contributed by atoms with Gasteiger partial charge < -0.3 is 14.8 Å². The van der Waals surface area contributed by atoms with Crippen molar-refractivity contribution >= 4 is 5.91 Å². The van der Waals surface area contributed by atoms with E-state index in [1.807, 2.05) is 18.2 Å². The smallest absolute Gasteiger partial charge is 0.231 e. The Morgan fingerprint density at radius 3 is 2.93 bits per heavy atom. The second-order valence-corrected chi connectivity index (χ2v) is 3.74. The number of hydrogen-bond donors (Lipinski definition) is 1. The zero-order chi connectivity index (χ0) is 10.3. The maximum absolute atomic E-state index is 11.5. The van der Waals surface area contributed by atoms with Gasteiger partial charge in [0.2, 0.25) is 12.7 Å². The highest BCUT2D eigenvalue weighted by molar-refractivity contribution is 5.85. The topological polar surface area (TPSA) is 47.6 Å². The largest absolute Gasteiger partial charge is 0.454 e. The number of nitrogens with one attached hydrogen (secondary N) is 1. The molecule has 0 radical (unpaired) electrons. The fourth-order valence-corrected chi connectivity index (χ4v) is 2.04. The fourth-order valence-electron chi connectivity index (χ4n) is 2.04. The maximum atomic E-state index is 11.5. The van der Waals surface area contributed by atoms with Crippen molar-refractivity contribution in [2.24, 2.45) is 0 Å². The minimum atomic E-state index is -0.0282. The number of amides is 1. The van der Waals surface area contributed by atoms with Gasteiger partial charge in [0.05, 0.1) is 5.92 Å². The molecule has 0 bridgehead atoms. The summed E-state index contributed by atoms with van der Waals surface area (Å²) < 4.78 is 10.5. The molecule has 3 rings (SSSR count). The lowest BCUT2D eigenvalue weighted by Crippen LogP contribution is -2.17. The van der Waals surface area contributed by atoms with Crippen molar-refractivity contribution in [3.05, 3.63) is 23.8 Å². The Morgan fingerprint density at radius 2 is 2.13 bits per heavy atom. The first kappa shape index (κ1) is 8.59. The lowest BCUT2D eigenvalue weighted by Gasteiger charge is -2.07. The summed E-state index contributed by atoms with van der Waals surface area (Å²) in [5, 5.41) is 2.82. The Labute approximate surface area is 87.2 Å². The van der Waals surface area contributed by atoms with Crippen molar-refractivity contribution in [1.82, 2.24) is 5.32 Å². The van der Waals surface area contributed by atoms with E-state index in [1.165, 1.54) is 0 Å². The van der Waals surface area contributed by atoms with Gasteiger partial charge in [0.15, 0.2) is 11.5 Å². The number of hydrogen-bond acceptors (Lipinski definition) is 3. The lowest BCUT2D eigenvalue weighted by molar-refractivity contribution is -0.120. The normalized spacial score (nSPS) is 22.9. The molecule has 0 spiro atoms.